The highest BCUT2D eigenvalue weighted by Crippen LogP contribution is 2.34. The molecule has 224 valence electrons. The number of hydrogen-bond acceptors (Lipinski definition) is 8. The molecule has 10 heteroatoms. The molecule has 0 radical (unpaired) electrons. The number of ether oxygens (including phenoxy) is 2. The first-order valence-electron chi connectivity index (χ1n) is 13.7. The lowest BCUT2D eigenvalue weighted by molar-refractivity contribution is -0.152. The Hall–Kier alpha value is -4.80. The lowest BCUT2D eigenvalue weighted by Gasteiger charge is -2.21. The minimum Gasteiger partial charge on any atom is -0.478 e. The van der Waals surface area contributed by atoms with E-state index in [0.717, 1.165) is 41.6 Å². The molecule has 0 unspecified atom stereocenters. The Morgan fingerprint density at radius 1 is 0.591 bits per heavy atom. The van der Waals surface area contributed by atoms with Crippen molar-refractivity contribution in [3.05, 3.63) is 97.1 Å². The van der Waals surface area contributed by atoms with Crippen molar-refractivity contribution in [2.45, 2.75) is 38.9 Å². The van der Waals surface area contributed by atoms with Gasteiger partial charge in [-0.15, -0.1) is 22.7 Å². The van der Waals surface area contributed by atoms with Crippen LogP contribution in [-0.4, -0.2) is 43.3 Å². The van der Waals surface area contributed by atoms with Crippen LogP contribution in [0.1, 0.15) is 27.7 Å². The van der Waals surface area contributed by atoms with Crippen LogP contribution in [0.2, 0.25) is 0 Å². The Kier molecular flexibility index (Phi) is 8.66. The first-order valence-corrected chi connectivity index (χ1v) is 15.3. The van der Waals surface area contributed by atoms with Crippen molar-refractivity contribution in [1.82, 2.24) is 9.97 Å². The van der Waals surface area contributed by atoms with Crippen molar-refractivity contribution in [3.8, 4) is 32.6 Å². The van der Waals surface area contributed by atoms with E-state index < -0.39 is 23.1 Å². The van der Waals surface area contributed by atoms with E-state index in [4.69, 9.17) is 19.7 Å². The van der Waals surface area contributed by atoms with Gasteiger partial charge in [0.1, 0.15) is 21.5 Å². The maximum Gasteiger partial charge on any atom is 0.347 e. The Morgan fingerprint density at radius 3 is 1.34 bits per heavy atom. The van der Waals surface area contributed by atoms with Crippen LogP contribution in [0.5, 0.6) is 11.5 Å². The lowest BCUT2D eigenvalue weighted by atomic mass is 10.1. The maximum atomic E-state index is 11.2. The first-order chi connectivity index (χ1) is 20.9. The number of rotatable bonds is 8. The molecule has 0 bridgehead atoms. The number of benzene rings is 4. The summed E-state index contributed by atoms with van der Waals surface area (Å²) in [5.74, 6) is -0.968. The van der Waals surface area contributed by atoms with Crippen LogP contribution in [-0.2, 0) is 9.59 Å². The number of aliphatic carboxylic acids is 2. The molecule has 2 N–H and O–H groups in total. The van der Waals surface area contributed by atoms with Gasteiger partial charge >= 0.3 is 11.9 Å². The number of thiazole rings is 2. The second-order valence-corrected chi connectivity index (χ2v) is 12.9. The average Bonchev–Trinajstić information content (AvgIpc) is 3.62. The Morgan fingerprint density at radius 2 is 0.977 bits per heavy atom. The standard InChI is InChI=1S/2C17H15NO3S/c2*1-17(2,16(19)20)21-12-7-5-6-11(10-12)15-18-13-8-3-4-9-14(13)22-15/h2*3-10H,1-2H3,(H,19,20). The molecule has 8 nitrogen and oxygen atoms in total. The minimum absolute atomic E-state index is 0.518. The molecule has 0 aliphatic heterocycles. The third kappa shape index (κ3) is 7.04. The van der Waals surface area contributed by atoms with Crippen molar-refractivity contribution in [2.24, 2.45) is 0 Å². The third-order valence-electron chi connectivity index (χ3n) is 6.53. The van der Waals surface area contributed by atoms with Gasteiger partial charge in [-0.1, -0.05) is 48.5 Å². The second kappa shape index (κ2) is 12.4. The number of hydrogen-bond donors (Lipinski definition) is 2. The van der Waals surface area contributed by atoms with Gasteiger partial charge in [-0.05, 0) is 76.2 Å². The highest BCUT2D eigenvalue weighted by Gasteiger charge is 2.30. The summed E-state index contributed by atoms with van der Waals surface area (Å²) in [6, 6.07) is 30.6. The highest BCUT2D eigenvalue weighted by molar-refractivity contribution is 7.22. The fourth-order valence-electron chi connectivity index (χ4n) is 4.05. The van der Waals surface area contributed by atoms with E-state index in [1.165, 1.54) is 27.7 Å². The summed E-state index contributed by atoms with van der Waals surface area (Å²) < 4.78 is 13.4. The second-order valence-electron chi connectivity index (χ2n) is 10.9. The van der Waals surface area contributed by atoms with Gasteiger partial charge in [-0.3, -0.25) is 0 Å². The van der Waals surface area contributed by atoms with E-state index in [-0.39, 0.29) is 0 Å². The zero-order chi connectivity index (χ0) is 31.5. The number of aromatic nitrogens is 2. The van der Waals surface area contributed by atoms with E-state index in [2.05, 4.69) is 9.97 Å². The molecule has 2 aromatic heterocycles. The van der Waals surface area contributed by atoms with Gasteiger partial charge in [0, 0.05) is 11.1 Å². The molecule has 0 aliphatic carbocycles. The van der Waals surface area contributed by atoms with Gasteiger partial charge in [0.05, 0.1) is 20.4 Å². The van der Waals surface area contributed by atoms with Crippen LogP contribution in [0.4, 0.5) is 0 Å². The molecule has 6 rings (SSSR count). The van der Waals surface area contributed by atoms with Crippen LogP contribution >= 0.6 is 22.7 Å². The zero-order valence-corrected chi connectivity index (χ0v) is 26.1. The smallest absolute Gasteiger partial charge is 0.347 e. The van der Waals surface area contributed by atoms with Gasteiger partial charge < -0.3 is 19.7 Å². The van der Waals surface area contributed by atoms with Crippen molar-refractivity contribution in [1.29, 1.82) is 0 Å². The Bertz CT molecular complexity index is 1750. The number of carboxylic acids is 2. The Labute approximate surface area is 262 Å². The highest BCUT2D eigenvalue weighted by atomic mass is 32.1. The molecule has 0 spiro atoms. The van der Waals surface area contributed by atoms with Crippen LogP contribution in [0, 0.1) is 0 Å². The zero-order valence-electron chi connectivity index (χ0n) is 24.5. The van der Waals surface area contributed by atoms with Gasteiger partial charge in [0.25, 0.3) is 0 Å². The quantitative estimate of drug-likeness (QED) is 0.173. The Balaban J connectivity index is 0.000000175. The molecule has 4 aromatic carbocycles. The number of nitrogens with zero attached hydrogens (tertiary/aromatic N) is 2. The fraction of sp³-hybridized carbons (Fsp3) is 0.176. The third-order valence-corrected chi connectivity index (χ3v) is 8.70. The monoisotopic (exact) mass is 626 g/mol. The summed E-state index contributed by atoms with van der Waals surface area (Å²) in [6.07, 6.45) is 0. The van der Waals surface area contributed by atoms with Gasteiger partial charge in [-0.2, -0.15) is 0 Å². The van der Waals surface area contributed by atoms with E-state index >= 15 is 0 Å². The van der Waals surface area contributed by atoms with E-state index in [1.54, 1.807) is 34.8 Å². The van der Waals surface area contributed by atoms with Crippen molar-refractivity contribution in [2.75, 3.05) is 0 Å². The van der Waals surface area contributed by atoms with Crippen molar-refractivity contribution in [3.63, 3.8) is 0 Å². The molecule has 6 aromatic rings. The molecule has 44 heavy (non-hydrogen) atoms. The summed E-state index contributed by atoms with van der Waals surface area (Å²) >= 11 is 3.20. The molecule has 0 atom stereocenters. The minimum atomic E-state index is -1.27. The van der Waals surface area contributed by atoms with Crippen molar-refractivity contribution >= 4 is 55.0 Å². The SMILES string of the molecule is CC(C)(Oc1cccc(-c2nc3ccccc3s2)c1)C(=O)O.CC(C)(Oc1cccc(-c2nc3ccccc3s2)c1)C(=O)O. The van der Waals surface area contributed by atoms with E-state index in [0.29, 0.717) is 11.5 Å². The predicted molar refractivity (Wildman–Crippen MR) is 175 cm³/mol. The normalized spacial score (nSPS) is 11.5. The number of fused-ring (bicyclic) bond motifs is 2. The van der Waals surface area contributed by atoms with Crippen LogP contribution in [0.15, 0.2) is 97.1 Å². The molecule has 2 heterocycles. The summed E-state index contributed by atoms with van der Waals surface area (Å²) in [5, 5.41) is 20.1. The summed E-state index contributed by atoms with van der Waals surface area (Å²) in [4.78, 5) is 31.5. The van der Waals surface area contributed by atoms with Crippen LogP contribution in [0.25, 0.3) is 41.6 Å². The van der Waals surface area contributed by atoms with Crippen LogP contribution in [0.3, 0.4) is 0 Å². The van der Waals surface area contributed by atoms with Gasteiger partial charge in [0.15, 0.2) is 11.2 Å². The topological polar surface area (TPSA) is 119 Å². The van der Waals surface area contributed by atoms with E-state index in [9.17, 15) is 9.59 Å². The summed E-state index contributed by atoms with van der Waals surface area (Å²) in [6.45, 7) is 6.11. The molecule has 0 amide bonds. The maximum absolute atomic E-state index is 11.2. The average molecular weight is 627 g/mol. The molecular weight excluding hydrogens is 597 g/mol. The summed E-state index contributed by atoms with van der Waals surface area (Å²) in [7, 11) is 0. The molecule has 0 fully saturated rings. The molecule has 0 saturated carbocycles. The number of para-hydroxylation sites is 2. The van der Waals surface area contributed by atoms with Crippen molar-refractivity contribution < 1.29 is 29.3 Å². The van der Waals surface area contributed by atoms with Gasteiger partial charge in [0.2, 0.25) is 0 Å². The fourth-order valence-corrected chi connectivity index (χ4v) is 5.98. The summed E-state index contributed by atoms with van der Waals surface area (Å²) in [5.41, 5.74) is 1.21. The first kappa shape index (κ1) is 30.7. The largest absolute Gasteiger partial charge is 0.478 e. The lowest BCUT2D eigenvalue weighted by Crippen LogP contribution is -2.37. The van der Waals surface area contributed by atoms with Gasteiger partial charge in [-0.25, -0.2) is 19.6 Å². The van der Waals surface area contributed by atoms with E-state index in [1.807, 2.05) is 84.9 Å². The molecular formula is C34H30N2O6S2. The number of carbonyl (C=O) groups is 2. The van der Waals surface area contributed by atoms with Crippen LogP contribution < -0.4 is 9.47 Å². The predicted octanol–water partition coefficient (Wildman–Crippen LogP) is 8.41. The molecule has 0 aliphatic rings. The number of carboxylic acid groups (broad SMARTS) is 2. The molecule has 0 saturated heterocycles.